The Morgan fingerprint density at radius 3 is 2.20 bits per heavy atom. The fourth-order valence-corrected chi connectivity index (χ4v) is 4.95. The summed E-state index contributed by atoms with van der Waals surface area (Å²) >= 11 is 0. The molecule has 1 aliphatic carbocycles. The van der Waals surface area contributed by atoms with E-state index in [4.69, 9.17) is 14.2 Å². The van der Waals surface area contributed by atoms with E-state index in [9.17, 15) is 19.2 Å². The average molecular weight is 625 g/mol. The van der Waals surface area contributed by atoms with Gasteiger partial charge in [-0.25, -0.2) is 9.59 Å². The van der Waals surface area contributed by atoms with Crippen LogP contribution in [0.5, 0.6) is 5.75 Å². The monoisotopic (exact) mass is 624 g/mol. The zero-order chi connectivity index (χ0) is 32.8. The topological polar surface area (TPSA) is 145 Å². The van der Waals surface area contributed by atoms with Gasteiger partial charge in [0.1, 0.15) is 24.0 Å². The molecule has 2 aromatic rings. The first kappa shape index (κ1) is 35.3. The summed E-state index contributed by atoms with van der Waals surface area (Å²) in [4.78, 5) is 54.5. The Balaban J connectivity index is 1.52. The lowest BCUT2D eigenvalue weighted by atomic mass is 9.81. The molecule has 11 heteroatoms. The highest BCUT2D eigenvalue weighted by Crippen LogP contribution is 2.29. The van der Waals surface area contributed by atoms with E-state index in [0.717, 1.165) is 30.4 Å². The minimum absolute atomic E-state index is 0.0668. The third kappa shape index (κ3) is 13.6. The molecule has 3 rings (SSSR count). The molecule has 1 heterocycles. The zero-order valence-electron chi connectivity index (χ0n) is 27.1. The number of alkyl carbamates (subject to hydrolysis) is 1. The van der Waals surface area contributed by atoms with Crippen molar-refractivity contribution >= 4 is 24.1 Å². The van der Waals surface area contributed by atoms with Crippen molar-refractivity contribution < 1.29 is 33.4 Å². The van der Waals surface area contributed by atoms with Crippen LogP contribution < -0.4 is 20.7 Å². The van der Waals surface area contributed by atoms with Crippen LogP contribution in [0.3, 0.4) is 0 Å². The first-order valence-corrected chi connectivity index (χ1v) is 15.8. The minimum atomic E-state index is -0.829. The highest BCUT2D eigenvalue weighted by Gasteiger charge is 2.30. The minimum Gasteiger partial charge on any atom is -0.444 e. The molecule has 1 atom stereocenters. The Morgan fingerprint density at radius 2 is 1.58 bits per heavy atom. The van der Waals surface area contributed by atoms with Gasteiger partial charge in [-0.1, -0.05) is 26.0 Å². The molecule has 0 unspecified atom stereocenters. The molecule has 11 nitrogen and oxygen atoms in total. The van der Waals surface area contributed by atoms with E-state index < -0.39 is 23.9 Å². The summed E-state index contributed by atoms with van der Waals surface area (Å²) in [5.41, 5.74) is 1.04. The van der Waals surface area contributed by atoms with Gasteiger partial charge >= 0.3 is 12.2 Å². The van der Waals surface area contributed by atoms with E-state index in [1.165, 1.54) is 0 Å². The van der Waals surface area contributed by atoms with Gasteiger partial charge in [0.25, 0.3) is 0 Å². The van der Waals surface area contributed by atoms with Crippen LogP contribution in [0.15, 0.2) is 48.8 Å². The molecule has 3 amide bonds. The molecular weight excluding hydrogens is 576 g/mol. The second-order valence-electron chi connectivity index (χ2n) is 13.0. The third-order valence-electron chi connectivity index (χ3n) is 7.48. The summed E-state index contributed by atoms with van der Waals surface area (Å²) in [6.07, 6.45) is 6.02. The van der Waals surface area contributed by atoms with E-state index in [-0.39, 0.29) is 36.7 Å². The maximum Gasteiger partial charge on any atom is 0.514 e. The lowest BCUT2D eigenvalue weighted by Gasteiger charge is -2.29. The van der Waals surface area contributed by atoms with Crippen LogP contribution in [-0.4, -0.2) is 53.8 Å². The Bertz CT molecular complexity index is 1240. The van der Waals surface area contributed by atoms with Crippen LogP contribution in [0.4, 0.5) is 9.59 Å². The summed E-state index contributed by atoms with van der Waals surface area (Å²) in [5.74, 6) is 0.419. The molecule has 3 N–H and O–H groups in total. The van der Waals surface area contributed by atoms with Gasteiger partial charge in [0.15, 0.2) is 0 Å². The van der Waals surface area contributed by atoms with Crippen molar-refractivity contribution in [2.75, 3.05) is 13.1 Å². The number of benzene rings is 1. The maximum absolute atomic E-state index is 13.3. The van der Waals surface area contributed by atoms with Gasteiger partial charge in [0.05, 0.1) is 0 Å². The standard InChI is InChI=1S/C34H48N4O7/c1-23(2)14-19-36-31(40)29(38-30(39)27-10-6-25(7-11-27)21-37-32(41)45-34(3,4)5)20-24-8-12-28(13-9-24)44-33(42)43-22-26-15-17-35-18-16-26/h8-9,12-13,15-18,23,25,27,29H,6-7,10-11,14,19-22H2,1-5H3,(H,36,40)(H,37,41)(H,38,39)/t25?,27?,29-/m0/s1. The second kappa shape index (κ2) is 17.4. The lowest BCUT2D eigenvalue weighted by molar-refractivity contribution is -0.132. The maximum atomic E-state index is 13.3. The van der Waals surface area contributed by atoms with E-state index >= 15 is 0 Å². The van der Waals surface area contributed by atoms with E-state index in [1.807, 2.05) is 20.8 Å². The van der Waals surface area contributed by atoms with E-state index in [1.54, 1.807) is 48.8 Å². The predicted molar refractivity (Wildman–Crippen MR) is 169 cm³/mol. The highest BCUT2D eigenvalue weighted by atomic mass is 16.7. The van der Waals surface area contributed by atoms with Crippen molar-refractivity contribution in [2.45, 2.75) is 91.4 Å². The van der Waals surface area contributed by atoms with Gasteiger partial charge in [0, 0.05) is 37.8 Å². The lowest BCUT2D eigenvalue weighted by Crippen LogP contribution is -2.50. The molecule has 0 aliphatic heterocycles. The van der Waals surface area contributed by atoms with Gasteiger partial charge in [-0.15, -0.1) is 0 Å². The number of ether oxygens (including phenoxy) is 3. The van der Waals surface area contributed by atoms with Crippen LogP contribution in [0.2, 0.25) is 0 Å². The molecular formula is C34H48N4O7. The van der Waals surface area contributed by atoms with Crippen molar-refractivity contribution in [1.82, 2.24) is 20.9 Å². The number of rotatable bonds is 13. The number of nitrogens with one attached hydrogen (secondary N) is 3. The number of pyridine rings is 1. The fraction of sp³-hybridized carbons (Fsp3) is 0.559. The predicted octanol–water partition coefficient (Wildman–Crippen LogP) is 5.32. The van der Waals surface area contributed by atoms with Crippen molar-refractivity contribution in [3.63, 3.8) is 0 Å². The first-order valence-electron chi connectivity index (χ1n) is 15.8. The van der Waals surface area contributed by atoms with Crippen LogP contribution in [-0.2, 0) is 32.1 Å². The van der Waals surface area contributed by atoms with Crippen LogP contribution in [0.1, 0.15) is 77.8 Å². The van der Waals surface area contributed by atoms with Gasteiger partial charge in [-0.3, -0.25) is 14.6 Å². The highest BCUT2D eigenvalue weighted by molar-refractivity contribution is 5.88. The smallest absolute Gasteiger partial charge is 0.444 e. The quantitative estimate of drug-likeness (QED) is 0.201. The number of carbonyl (C=O) groups is 4. The molecule has 0 radical (unpaired) electrons. The number of nitrogens with zero attached hydrogens (tertiary/aromatic N) is 1. The van der Waals surface area contributed by atoms with Gasteiger partial charge in [-0.05, 0) is 100 Å². The van der Waals surface area contributed by atoms with E-state index in [0.29, 0.717) is 37.6 Å². The normalized spacial score (nSPS) is 17.1. The summed E-state index contributed by atoms with van der Waals surface area (Å²) in [6.45, 7) is 10.7. The summed E-state index contributed by atoms with van der Waals surface area (Å²) < 4.78 is 15.7. The second-order valence-corrected chi connectivity index (χ2v) is 13.0. The number of hydrogen-bond acceptors (Lipinski definition) is 8. The van der Waals surface area contributed by atoms with E-state index in [2.05, 4.69) is 34.8 Å². The fourth-order valence-electron chi connectivity index (χ4n) is 4.95. The van der Waals surface area contributed by atoms with Gasteiger partial charge < -0.3 is 30.2 Å². The average Bonchev–Trinajstić information content (AvgIpc) is 2.99. The van der Waals surface area contributed by atoms with Crippen LogP contribution in [0.25, 0.3) is 0 Å². The molecule has 0 bridgehead atoms. The Labute approximate surface area is 266 Å². The Kier molecular flexibility index (Phi) is 13.6. The number of hydrogen-bond donors (Lipinski definition) is 3. The molecule has 0 saturated heterocycles. The Hall–Kier alpha value is -4.15. The summed E-state index contributed by atoms with van der Waals surface area (Å²) in [6, 6.07) is 9.51. The van der Waals surface area contributed by atoms with Gasteiger partial charge in [-0.2, -0.15) is 0 Å². The van der Waals surface area contributed by atoms with Crippen molar-refractivity contribution in [3.05, 3.63) is 59.9 Å². The first-order chi connectivity index (χ1) is 21.4. The summed E-state index contributed by atoms with van der Waals surface area (Å²) in [7, 11) is 0. The number of aromatic nitrogens is 1. The molecule has 0 spiro atoms. The largest absolute Gasteiger partial charge is 0.514 e. The Morgan fingerprint density at radius 1 is 0.911 bits per heavy atom. The molecule has 1 aromatic carbocycles. The number of amides is 3. The molecule has 1 saturated carbocycles. The molecule has 45 heavy (non-hydrogen) atoms. The van der Waals surface area contributed by atoms with Gasteiger partial charge in [0.2, 0.25) is 11.8 Å². The zero-order valence-corrected chi connectivity index (χ0v) is 27.1. The molecule has 1 aliphatic rings. The molecule has 1 aromatic heterocycles. The SMILES string of the molecule is CC(C)CCNC(=O)[C@H](Cc1ccc(OC(=O)OCc2ccncc2)cc1)NC(=O)C1CCC(CNC(=O)OC(C)(C)C)CC1. The van der Waals surface area contributed by atoms with Crippen LogP contribution >= 0.6 is 0 Å². The van der Waals surface area contributed by atoms with Crippen molar-refractivity contribution in [3.8, 4) is 5.75 Å². The van der Waals surface area contributed by atoms with Crippen molar-refractivity contribution in [1.29, 1.82) is 0 Å². The third-order valence-corrected chi connectivity index (χ3v) is 7.48. The van der Waals surface area contributed by atoms with Crippen LogP contribution in [0, 0.1) is 17.8 Å². The summed E-state index contributed by atoms with van der Waals surface area (Å²) in [5, 5.41) is 8.79. The molecule has 1 fully saturated rings. The number of carbonyl (C=O) groups excluding carboxylic acids is 4. The molecule has 246 valence electrons. The van der Waals surface area contributed by atoms with Crippen molar-refractivity contribution in [2.24, 2.45) is 17.8 Å².